The Bertz CT molecular complexity index is 851. The maximum Gasteiger partial charge on any atom is 0.353 e. The molecule has 0 spiro atoms. The van der Waals surface area contributed by atoms with Crippen LogP contribution in [0.5, 0.6) is 23.5 Å². The van der Waals surface area contributed by atoms with Gasteiger partial charge in [-0.3, -0.25) is 4.98 Å². The fourth-order valence-electron chi connectivity index (χ4n) is 2.22. The van der Waals surface area contributed by atoms with E-state index < -0.39 is 5.69 Å². The average Bonchev–Trinajstić information content (AvgIpc) is 2.71. The van der Waals surface area contributed by atoms with E-state index in [-0.39, 0.29) is 25.2 Å². The number of nitrogens with zero attached hydrogens (tertiary/aromatic N) is 2. The molecule has 0 fully saturated rings. The van der Waals surface area contributed by atoms with E-state index in [1.54, 1.807) is 14.2 Å². The van der Waals surface area contributed by atoms with Gasteiger partial charge in [0.15, 0.2) is 0 Å². The van der Waals surface area contributed by atoms with Crippen molar-refractivity contribution in [1.29, 1.82) is 0 Å². The smallest absolute Gasteiger partial charge is 0.353 e. The second-order valence-corrected chi connectivity index (χ2v) is 5.51. The summed E-state index contributed by atoms with van der Waals surface area (Å²) in [4.78, 5) is 21.9. The van der Waals surface area contributed by atoms with Crippen LogP contribution in [0.1, 0.15) is 11.1 Å². The van der Waals surface area contributed by atoms with Crippen molar-refractivity contribution in [3.8, 4) is 23.5 Å². The molecule has 140 valence electrons. The van der Waals surface area contributed by atoms with Crippen LogP contribution in [0, 0.1) is 0 Å². The molecule has 0 aliphatic carbocycles. The highest BCUT2D eigenvalue weighted by Crippen LogP contribution is 2.15. The normalized spacial score (nSPS) is 10.3. The van der Waals surface area contributed by atoms with Gasteiger partial charge in [-0.2, -0.15) is 0 Å². The number of hydrogen-bond acceptors (Lipinski definition) is 7. The first-order valence-electron chi connectivity index (χ1n) is 8.16. The Balaban J connectivity index is 1.61. The minimum Gasteiger partial charge on any atom is -0.497 e. The molecule has 1 heterocycles. The highest BCUT2D eigenvalue weighted by atomic mass is 16.5. The van der Waals surface area contributed by atoms with Gasteiger partial charge in [0, 0.05) is 0 Å². The lowest BCUT2D eigenvalue weighted by Gasteiger charge is -2.08. The number of rotatable bonds is 8. The third kappa shape index (κ3) is 5.21. The molecule has 0 saturated heterocycles. The van der Waals surface area contributed by atoms with Gasteiger partial charge in [-0.25, -0.2) is 4.79 Å². The minimum absolute atomic E-state index is 0.0375. The first kappa shape index (κ1) is 18.2. The molecule has 1 N–H and O–H groups in total. The quantitative estimate of drug-likeness (QED) is 0.651. The van der Waals surface area contributed by atoms with Gasteiger partial charge in [0.1, 0.15) is 24.7 Å². The van der Waals surface area contributed by atoms with E-state index in [4.69, 9.17) is 18.9 Å². The van der Waals surface area contributed by atoms with Crippen molar-refractivity contribution in [1.82, 2.24) is 15.0 Å². The molecule has 3 aromatic rings. The van der Waals surface area contributed by atoms with Gasteiger partial charge in [-0.15, -0.1) is 9.97 Å². The minimum atomic E-state index is -0.598. The maximum absolute atomic E-state index is 11.7. The number of aromatic nitrogens is 3. The molecule has 0 radical (unpaired) electrons. The second-order valence-electron chi connectivity index (χ2n) is 5.51. The van der Waals surface area contributed by atoms with Crippen molar-refractivity contribution in [2.24, 2.45) is 0 Å². The number of H-pyrrole nitrogens is 1. The average molecular weight is 369 g/mol. The summed E-state index contributed by atoms with van der Waals surface area (Å²) in [5, 5.41) is 0. The lowest BCUT2D eigenvalue weighted by molar-refractivity contribution is 0.247. The SMILES string of the molecule is COc1ccc(COc2nc(OCc3ccc(OC)cc3)[nH]c(=O)n2)cc1. The number of methoxy groups -OCH3 is 2. The summed E-state index contributed by atoms with van der Waals surface area (Å²) in [5.74, 6) is 1.50. The molecule has 0 atom stereocenters. The molecule has 27 heavy (non-hydrogen) atoms. The van der Waals surface area contributed by atoms with Crippen LogP contribution in [0.4, 0.5) is 0 Å². The third-order valence-corrected chi connectivity index (χ3v) is 3.67. The molecular formula is C19H19N3O5. The van der Waals surface area contributed by atoms with Crippen LogP contribution >= 0.6 is 0 Å². The molecule has 8 heteroatoms. The molecule has 0 bridgehead atoms. The van der Waals surface area contributed by atoms with Crippen molar-refractivity contribution >= 4 is 0 Å². The molecule has 0 aliphatic rings. The number of benzene rings is 2. The van der Waals surface area contributed by atoms with Crippen LogP contribution in [0.3, 0.4) is 0 Å². The number of aromatic amines is 1. The molecule has 0 amide bonds. The zero-order valence-electron chi connectivity index (χ0n) is 15.0. The van der Waals surface area contributed by atoms with E-state index in [1.807, 2.05) is 48.5 Å². The Labute approximate surface area is 155 Å². The van der Waals surface area contributed by atoms with E-state index in [1.165, 1.54) is 0 Å². The van der Waals surface area contributed by atoms with Gasteiger partial charge in [0.2, 0.25) is 0 Å². The largest absolute Gasteiger partial charge is 0.497 e. The lowest BCUT2D eigenvalue weighted by Crippen LogP contribution is -2.16. The molecule has 0 unspecified atom stereocenters. The van der Waals surface area contributed by atoms with Gasteiger partial charge < -0.3 is 18.9 Å². The van der Waals surface area contributed by atoms with E-state index >= 15 is 0 Å². The topological polar surface area (TPSA) is 95.6 Å². The van der Waals surface area contributed by atoms with Gasteiger partial charge in [0.25, 0.3) is 0 Å². The van der Waals surface area contributed by atoms with Crippen LogP contribution in [0.25, 0.3) is 0 Å². The van der Waals surface area contributed by atoms with Gasteiger partial charge in [0.05, 0.1) is 14.2 Å². The Morgan fingerprint density at radius 3 is 1.81 bits per heavy atom. The number of nitrogens with one attached hydrogen (secondary N) is 1. The highest BCUT2D eigenvalue weighted by Gasteiger charge is 2.06. The van der Waals surface area contributed by atoms with Gasteiger partial charge in [-0.1, -0.05) is 24.3 Å². The van der Waals surface area contributed by atoms with Gasteiger partial charge >= 0.3 is 17.7 Å². The molecule has 3 rings (SSSR count). The monoisotopic (exact) mass is 369 g/mol. The van der Waals surface area contributed by atoms with Crippen molar-refractivity contribution in [2.75, 3.05) is 14.2 Å². The van der Waals surface area contributed by atoms with Crippen molar-refractivity contribution in [2.45, 2.75) is 13.2 Å². The molecule has 0 saturated carbocycles. The van der Waals surface area contributed by atoms with E-state index in [0.29, 0.717) is 0 Å². The van der Waals surface area contributed by atoms with Crippen molar-refractivity contribution in [3.63, 3.8) is 0 Å². The van der Waals surface area contributed by atoms with Gasteiger partial charge in [-0.05, 0) is 35.4 Å². The summed E-state index contributed by atoms with van der Waals surface area (Å²) in [6.07, 6.45) is 0. The predicted molar refractivity (Wildman–Crippen MR) is 97.3 cm³/mol. The Kier molecular flexibility index (Phi) is 5.88. The molecule has 1 aromatic heterocycles. The van der Waals surface area contributed by atoms with E-state index in [2.05, 4.69) is 15.0 Å². The first-order valence-corrected chi connectivity index (χ1v) is 8.16. The second kappa shape index (κ2) is 8.70. The third-order valence-electron chi connectivity index (χ3n) is 3.67. The Morgan fingerprint density at radius 2 is 1.30 bits per heavy atom. The molecule has 0 aliphatic heterocycles. The van der Waals surface area contributed by atoms with Crippen LogP contribution in [-0.2, 0) is 13.2 Å². The van der Waals surface area contributed by atoms with Crippen LogP contribution in [0.15, 0.2) is 53.3 Å². The maximum atomic E-state index is 11.7. The summed E-state index contributed by atoms with van der Waals surface area (Å²) < 4.78 is 21.2. The predicted octanol–water partition coefficient (Wildman–Crippen LogP) is 2.34. The van der Waals surface area contributed by atoms with E-state index in [9.17, 15) is 4.79 Å². The van der Waals surface area contributed by atoms with Crippen LogP contribution in [-0.4, -0.2) is 29.2 Å². The summed E-state index contributed by atoms with van der Waals surface area (Å²) in [6.45, 7) is 0.445. The zero-order valence-corrected chi connectivity index (χ0v) is 15.0. The molecule has 2 aromatic carbocycles. The number of ether oxygens (including phenoxy) is 4. The first-order chi connectivity index (χ1) is 13.2. The van der Waals surface area contributed by atoms with E-state index in [0.717, 1.165) is 22.6 Å². The summed E-state index contributed by atoms with van der Waals surface area (Å²) in [5.41, 5.74) is 1.19. The Morgan fingerprint density at radius 1 is 0.778 bits per heavy atom. The van der Waals surface area contributed by atoms with Crippen molar-refractivity contribution in [3.05, 3.63) is 70.1 Å². The standard InChI is InChI=1S/C19H19N3O5/c1-24-15-7-3-13(4-8-15)11-26-18-20-17(23)21-19(22-18)27-12-14-5-9-16(25-2)10-6-14/h3-10H,11-12H2,1-2H3,(H,20,21,22,23). The molecular weight excluding hydrogens is 350 g/mol. The van der Waals surface area contributed by atoms with Crippen LogP contribution in [0.2, 0.25) is 0 Å². The fourth-order valence-corrected chi connectivity index (χ4v) is 2.22. The van der Waals surface area contributed by atoms with Crippen molar-refractivity contribution < 1.29 is 18.9 Å². The highest BCUT2D eigenvalue weighted by molar-refractivity contribution is 5.27. The lowest BCUT2D eigenvalue weighted by atomic mass is 10.2. The fraction of sp³-hybridized carbons (Fsp3) is 0.211. The molecule has 8 nitrogen and oxygen atoms in total. The van der Waals surface area contributed by atoms with Crippen LogP contribution < -0.4 is 24.6 Å². The summed E-state index contributed by atoms with van der Waals surface area (Å²) in [7, 11) is 3.20. The zero-order chi connectivity index (χ0) is 19.1. The summed E-state index contributed by atoms with van der Waals surface area (Å²) >= 11 is 0. The Hall–Kier alpha value is -3.55. The number of hydrogen-bond donors (Lipinski definition) is 1. The summed E-state index contributed by atoms with van der Waals surface area (Å²) in [6, 6.07) is 14.7.